The topological polar surface area (TPSA) is 91.8 Å². The molecular weight excluding hydrogens is 397 g/mol. The summed E-state index contributed by atoms with van der Waals surface area (Å²) in [7, 11) is -3.36. The van der Waals surface area contributed by atoms with Crippen molar-refractivity contribution in [1.82, 2.24) is 4.90 Å². The molecule has 2 atom stereocenters. The number of sulfone groups is 1. The summed E-state index contributed by atoms with van der Waals surface area (Å²) in [5, 5.41) is 10.8. The van der Waals surface area contributed by atoms with E-state index in [0.29, 0.717) is 5.56 Å². The molecule has 2 heterocycles. The number of hydrogen-bond donors (Lipinski definition) is 1. The average Bonchev–Trinajstić information content (AvgIpc) is 3.19. The SMILES string of the molecule is O=C1C(=O)N([C@@H]2CCS(=O)(=O)C2)[C@H](c2ccccc2F)C1=C(O)c1ccccc1. The first-order valence-electron chi connectivity index (χ1n) is 9.10. The van der Waals surface area contributed by atoms with Crippen LogP contribution < -0.4 is 0 Å². The Morgan fingerprint density at radius 1 is 1.03 bits per heavy atom. The minimum atomic E-state index is -3.36. The number of aliphatic hydroxyl groups excluding tert-OH is 1. The Hall–Kier alpha value is -3.00. The van der Waals surface area contributed by atoms with Crippen molar-refractivity contribution in [3.8, 4) is 0 Å². The number of Topliss-reactive ketones (excluding diaryl/α,β-unsaturated/α-hetero) is 1. The number of benzene rings is 2. The predicted molar refractivity (Wildman–Crippen MR) is 104 cm³/mol. The molecule has 1 N–H and O–H groups in total. The van der Waals surface area contributed by atoms with E-state index in [1.165, 1.54) is 18.2 Å². The lowest BCUT2D eigenvalue weighted by atomic mass is 9.94. The summed E-state index contributed by atoms with van der Waals surface area (Å²) in [6, 6.07) is 11.9. The van der Waals surface area contributed by atoms with Gasteiger partial charge >= 0.3 is 0 Å². The van der Waals surface area contributed by atoms with Crippen LogP contribution in [0.1, 0.15) is 23.6 Å². The number of carbonyl (C=O) groups excluding carboxylic acids is 2. The van der Waals surface area contributed by atoms with Gasteiger partial charge in [-0.25, -0.2) is 12.8 Å². The van der Waals surface area contributed by atoms with Gasteiger partial charge in [0.25, 0.3) is 11.7 Å². The second-order valence-electron chi connectivity index (χ2n) is 7.15. The summed E-state index contributed by atoms with van der Waals surface area (Å²) in [4.78, 5) is 26.8. The van der Waals surface area contributed by atoms with Gasteiger partial charge in [-0.2, -0.15) is 0 Å². The fourth-order valence-electron chi connectivity index (χ4n) is 3.98. The maximum absolute atomic E-state index is 14.7. The molecule has 2 aromatic carbocycles. The molecule has 150 valence electrons. The normalized spacial score (nSPS) is 25.5. The third kappa shape index (κ3) is 3.33. The van der Waals surface area contributed by atoms with E-state index in [0.717, 1.165) is 4.90 Å². The molecule has 0 aromatic heterocycles. The number of rotatable bonds is 3. The van der Waals surface area contributed by atoms with E-state index in [9.17, 15) is 27.5 Å². The third-order valence-electron chi connectivity index (χ3n) is 5.33. The van der Waals surface area contributed by atoms with Crippen LogP contribution in [0.4, 0.5) is 4.39 Å². The van der Waals surface area contributed by atoms with Crippen LogP contribution in [0, 0.1) is 5.82 Å². The minimum Gasteiger partial charge on any atom is -0.507 e. The van der Waals surface area contributed by atoms with E-state index < -0.39 is 45.2 Å². The first-order chi connectivity index (χ1) is 13.8. The molecule has 2 aliphatic heterocycles. The van der Waals surface area contributed by atoms with Crippen LogP contribution in [-0.2, 0) is 19.4 Å². The number of halogens is 1. The van der Waals surface area contributed by atoms with Crippen LogP contribution in [0.25, 0.3) is 5.76 Å². The lowest BCUT2D eigenvalue weighted by Gasteiger charge is -2.30. The van der Waals surface area contributed by atoms with Gasteiger partial charge in [-0.1, -0.05) is 48.5 Å². The largest absolute Gasteiger partial charge is 0.507 e. The molecule has 2 aromatic rings. The van der Waals surface area contributed by atoms with E-state index in [1.54, 1.807) is 36.4 Å². The number of ketones is 1. The molecule has 0 unspecified atom stereocenters. The lowest BCUT2D eigenvalue weighted by molar-refractivity contribution is -0.141. The monoisotopic (exact) mass is 415 g/mol. The standard InChI is InChI=1S/C21H18FNO5S/c22-16-9-5-4-8-15(16)18-17(19(24)13-6-2-1-3-7-13)20(25)21(26)23(18)14-10-11-29(27,28)12-14/h1-9,14,18,24H,10-12H2/t14-,18-/m1/s1. The van der Waals surface area contributed by atoms with Crippen molar-refractivity contribution in [2.75, 3.05) is 11.5 Å². The lowest BCUT2D eigenvalue weighted by Crippen LogP contribution is -2.40. The zero-order chi connectivity index (χ0) is 20.8. The number of hydrogen-bond acceptors (Lipinski definition) is 5. The van der Waals surface area contributed by atoms with Gasteiger partial charge in [-0.3, -0.25) is 9.59 Å². The molecule has 0 aliphatic carbocycles. The highest BCUT2D eigenvalue weighted by Gasteiger charge is 2.51. The summed E-state index contributed by atoms with van der Waals surface area (Å²) >= 11 is 0. The van der Waals surface area contributed by atoms with Crippen LogP contribution in [0.15, 0.2) is 60.2 Å². The molecule has 0 saturated carbocycles. The third-order valence-corrected chi connectivity index (χ3v) is 7.08. The highest BCUT2D eigenvalue weighted by molar-refractivity contribution is 7.91. The van der Waals surface area contributed by atoms with Crippen molar-refractivity contribution in [3.05, 3.63) is 77.1 Å². The zero-order valence-corrected chi connectivity index (χ0v) is 16.1. The molecule has 1 amide bonds. The molecule has 29 heavy (non-hydrogen) atoms. The van der Waals surface area contributed by atoms with Crippen LogP contribution in [-0.4, -0.2) is 47.7 Å². The van der Waals surface area contributed by atoms with Gasteiger partial charge in [0.1, 0.15) is 11.6 Å². The van der Waals surface area contributed by atoms with Crippen LogP contribution in [0.3, 0.4) is 0 Å². The number of amides is 1. The van der Waals surface area contributed by atoms with Gasteiger partial charge in [0.05, 0.1) is 23.1 Å². The van der Waals surface area contributed by atoms with E-state index >= 15 is 0 Å². The van der Waals surface area contributed by atoms with E-state index in [1.807, 2.05) is 0 Å². The van der Waals surface area contributed by atoms with Crippen molar-refractivity contribution in [2.45, 2.75) is 18.5 Å². The Kier molecular flexibility index (Phi) is 4.74. The molecule has 2 fully saturated rings. The summed E-state index contributed by atoms with van der Waals surface area (Å²) in [6.07, 6.45) is 0.158. The van der Waals surface area contributed by atoms with Crippen LogP contribution in [0.5, 0.6) is 0 Å². The fourth-order valence-corrected chi connectivity index (χ4v) is 5.69. The van der Waals surface area contributed by atoms with E-state index in [2.05, 4.69) is 0 Å². The molecule has 0 radical (unpaired) electrons. The van der Waals surface area contributed by atoms with Crippen molar-refractivity contribution in [3.63, 3.8) is 0 Å². The molecule has 4 rings (SSSR count). The summed E-state index contributed by atoms with van der Waals surface area (Å²) in [5.74, 6) is -3.36. The molecular formula is C21H18FNO5S. The van der Waals surface area contributed by atoms with Crippen molar-refractivity contribution in [2.24, 2.45) is 0 Å². The molecule has 2 saturated heterocycles. The fraction of sp³-hybridized carbons (Fsp3) is 0.238. The van der Waals surface area contributed by atoms with Gasteiger partial charge in [0, 0.05) is 17.2 Å². The Balaban J connectivity index is 1.92. The van der Waals surface area contributed by atoms with Crippen molar-refractivity contribution >= 4 is 27.3 Å². The summed E-state index contributed by atoms with van der Waals surface area (Å²) in [6.45, 7) is 0. The van der Waals surface area contributed by atoms with Gasteiger partial charge in [0.2, 0.25) is 0 Å². The quantitative estimate of drug-likeness (QED) is 0.472. The number of likely N-dealkylation sites (tertiary alicyclic amines) is 1. The maximum Gasteiger partial charge on any atom is 0.295 e. The summed E-state index contributed by atoms with van der Waals surface area (Å²) in [5.41, 5.74) is 0.106. The van der Waals surface area contributed by atoms with Crippen LogP contribution in [0.2, 0.25) is 0 Å². The van der Waals surface area contributed by atoms with E-state index in [4.69, 9.17) is 0 Å². The number of carbonyl (C=O) groups is 2. The van der Waals surface area contributed by atoms with Crippen molar-refractivity contribution in [1.29, 1.82) is 0 Å². The number of aliphatic hydroxyl groups is 1. The number of nitrogens with zero attached hydrogens (tertiary/aromatic N) is 1. The Morgan fingerprint density at radius 2 is 1.69 bits per heavy atom. The van der Waals surface area contributed by atoms with Gasteiger partial charge in [-0.05, 0) is 12.5 Å². The highest BCUT2D eigenvalue weighted by Crippen LogP contribution is 2.42. The first kappa shape index (κ1) is 19.3. The van der Waals surface area contributed by atoms with Gasteiger partial charge in [0.15, 0.2) is 9.84 Å². The van der Waals surface area contributed by atoms with Gasteiger partial charge in [-0.15, -0.1) is 0 Å². The second kappa shape index (κ2) is 7.11. The Bertz CT molecular complexity index is 1130. The Morgan fingerprint density at radius 3 is 2.31 bits per heavy atom. The maximum atomic E-state index is 14.7. The first-order valence-corrected chi connectivity index (χ1v) is 10.9. The molecule has 6 nitrogen and oxygen atoms in total. The molecule has 0 spiro atoms. The highest BCUT2D eigenvalue weighted by atomic mass is 32.2. The predicted octanol–water partition coefficient (Wildman–Crippen LogP) is 2.43. The summed E-state index contributed by atoms with van der Waals surface area (Å²) < 4.78 is 38.6. The Labute approximate surface area is 167 Å². The molecule has 2 aliphatic rings. The molecule has 8 heteroatoms. The molecule has 0 bridgehead atoms. The average molecular weight is 415 g/mol. The van der Waals surface area contributed by atoms with Crippen LogP contribution >= 0.6 is 0 Å². The minimum absolute atomic E-state index is 0.0356. The van der Waals surface area contributed by atoms with Gasteiger partial charge < -0.3 is 10.0 Å². The zero-order valence-electron chi connectivity index (χ0n) is 15.3. The van der Waals surface area contributed by atoms with E-state index in [-0.39, 0.29) is 29.1 Å². The second-order valence-corrected chi connectivity index (χ2v) is 9.38. The smallest absolute Gasteiger partial charge is 0.295 e. The van der Waals surface area contributed by atoms with Crippen molar-refractivity contribution < 1.29 is 27.5 Å².